The van der Waals surface area contributed by atoms with Gasteiger partial charge in [-0.3, -0.25) is 9.48 Å². The number of carbonyl (C=O) groups is 1. The average molecular weight is 302 g/mol. The Balaban J connectivity index is 2.15. The molecule has 2 aromatic rings. The molecule has 21 heavy (non-hydrogen) atoms. The molecular weight excluding hydrogens is 284 g/mol. The van der Waals surface area contributed by atoms with Gasteiger partial charge in [0, 0.05) is 17.6 Å². The van der Waals surface area contributed by atoms with Crippen molar-refractivity contribution in [3.63, 3.8) is 0 Å². The van der Waals surface area contributed by atoms with E-state index in [0.29, 0.717) is 5.56 Å². The van der Waals surface area contributed by atoms with Gasteiger partial charge in [-0.15, -0.1) is 11.8 Å². The number of hydrogen-bond acceptors (Lipinski definition) is 4. The molecule has 2 rings (SSSR count). The first kappa shape index (κ1) is 15.4. The standard InChI is InChI=1S/C16H18N2O2S/c1-4-18-11-13(10-17-18)14(19)7-5-12-6-8-16(21-3)15(9-12)20-2/h5-11H,4H2,1-3H3/b7-5+. The third-order valence-corrected chi connectivity index (χ3v) is 3.85. The van der Waals surface area contributed by atoms with Crippen molar-refractivity contribution in [1.82, 2.24) is 9.78 Å². The molecule has 4 nitrogen and oxygen atoms in total. The predicted octanol–water partition coefficient (Wildman–Crippen LogP) is 3.53. The maximum Gasteiger partial charge on any atom is 0.189 e. The highest BCUT2D eigenvalue weighted by Crippen LogP contribution is 2.28. The fourth-order valence-corrected chi connectivity index (χ4v) is 2.44. The van der Waals surface area contributed by atoms with Crippen molar-refractivity contribution in [2.45, 2.75) is 18.4 Å². The van der Waals surface area contributed by atoms with Crippen molar-refractivity contribution >= 4 is 23.6 Å². The van der Waals surface area contributed by atoms with E-state index in [1.54, 1.807) is 48.1 Å². The number of methoxy groups -OCH3 is 1. The Morgan fingerprint density at radius 1 is 1.48 bits per heavy atom. The van der Waals surface area contributed by atoms with E-state index in [0.717, 1.165) is 22.8 Å². The van der Waals surface area contributed by atoms with E-state index < -0.39 is 0 Å². The summed E-state index contributed by atoms with van der Waals surface area (Å²) in [4.78, 5) is 13.1. The minimum absolute atomic E-state index is 0.0531. The first-order chi connectivity index (χ1) is 10.2. The van der Waals surface area contributed by atoms with Crippen molar-refractivity contribution in [1.29, 1.82) is 0 Å². The number of nitrogens with zero attached hydrogens (tertiary/aromatic N) is 2. The molecule has 0 fully saturated rings. The Bertz CT molecular complexity index is 662. The van der Waals surface area contributed by atoms with Gasteiger partial charge in [0.15, 0.2) is 5.78 Å². The third-order valence-electron chi connectivity index (χ3n) is 3.08. The van der Waals surface area contributed by atoms with E-state index in [1.165, 1.54) is 0 Å². The van der Waals surface area contributed by atoms with Gasteiger partial charge in [0.05, 0.1) is 18.9 Å². The summed E-state index contributed by atoms with van der Waals surface area (Å²) in [5.74, 6) is 0.763. The molecule has 0 saturated heterocycles. The number of allylic oxidation sites excluding steroid dienone is 1. The molecule has 0 spiro atoms. The van der Waals surface area contributed by atoms with E-state index >= 15 is 0 Å². The molecule has 0 aliphatic heterocycles. The van der Waals surface area contributed by atoms with E-state index in [4.69, 9.17) is 4.74 Å². The van der Waals surface area contributed by atoms with Gasteiger partial charge >= 0.3 is 0 Å². The van der Waals surface area contributed by atoms with Gasteiger partial charge in [0.2, 0.25) is 0 Å². The number of aryl methyl sites for hydroxylation is 1. The Kier molecular flexibility index (Phi) is 5.22. The number of benzene rings is 1. The quantitative estimate of drug-likeness (QED) is 0.465. The van der Waals surface area contributed by atoms with Crippen LogP contribution in [0.1, 0.15) is 22.8 Å². The monoisotopic (exact) mass is 302 g/mol. The lowest BCUT2D eigenvalue weighted by molar-refractivity contribution is 0.104. The summed E-state index contributed by atoms with van der Waals surface area (Å²) in [6.45, 7) is 2.74. The normalized spacial score (nSPS) is 11.0. The van der Waals surface area contributed by atoms with Crippen LogP contribution in [-0.4, -0.2) is 28.9 Å². The molecule has 1 heterocycles. The second-order valence-corrected chi connectivity index (χ2v) is 5.24. The average Bonchev–Trinajstić information content (AvgIpc) is 3.01. The maximum atomic E-state index is 12.0. The molecule has 1 aromatic heterocycles. The van der Waals surface area contributed by atoms with Gasteiger partial charge in [-0.2, -0.15) is 5.10 Å². The van der Waals surface area contributed by atoms with Crippen LogP contribution in [0.3, 0.4) is 0 Å². The molecule has 0 amide bonds. The molecule has 0 atom stereocenters. The Labute approximate surface area is 128 Å². The molecule has 0 radical (unpaired) electrons. The second kappa shape index (κ2) is 7.13. The van der Waals surface area contributed by atoms with Crippen LogP contribution in [0, 0.1) is 0 Å². The van der Waals surface area contributed by atoms with Crippen molar-refractivity contribution in [2.75, 3.05) is 13.4 Å². The molecule has 1 aromatic carbocycles. The van der Waals surface area contributed by atoms with Crippen LogP contribution in [0.2, 0.25) is 0 Å². The summed E-state index contributed by atoms with van der Waals surface area (Å²) in [5, 5.41) is 4.10. The van der Waals surface area contributed by atoms with Crippen LogP contribution < -0.4 is 4.74 Å². The largest absolute Gasteiger partial charge is 0.496 e. The van der Waals surface area contributed by atoms with Crippen LogP contribution in [0.4, 0.5) is 0 Å². The van der Waals surface area contributed by atoms with Gasteiger partial charge in [-0.1, -0.05) is 12.1 Å². The molecule has 0 N–H and O–H groups in total. The first-order valence-corrected chi connectivity index (χ1v) is 7.87. The van der Waals surface area contributed by atoms with Gasteiger partial charge < -0.3 is 4.74 Å². The van der Waals surface area contributed by atoms with Crippen molar-refractivity contribution in [3.8, 4) is 5.75 Å². The fraction of sp³-hybridized carbons (Fsp3) is 0.250. The number of rotatable bonds is 6. The smallest absolute Gasteiger partial charge is 0.189 e. The minimum atomic E-state index is -0.0531. The maximum absolute atomic E-state index is 12.0. The molecule has 0 aliphatic rings. The highest BCUT2D eigenvalue weighted by atomic mass is 32.2. The lowest BCUT2D eigenvalue weighted by Gasteiger charge is -2.06. The minimum Gasteiger partial charge on any atom is -0.496 e. The number of ketones is 1. The Morgan fingerprint density at radius 2 is 2.29 bits per heavy atom. The lowest BCUT2D eigenvalue weighted by Crippen LogP contribution is -1.94. The summed E-state index contributed by atoms with van der Waals surface area (Å²) < 4.78 is 7.07. The summed E-state index contributed by atoms with van der Waals surface area (Å²) in [7, 11) is 1.65. The van der Waals surface area contributed by atoms with E-state index in [2.05, 4.69) is 5.10 Å². The number of hydrogen-bond donors (Lipinski definition) is 0. The molecule has 0 aliphatic carbocycles. The van der Waals surface area contributed by atoms with Gasteiger partial charge in [-0.25, -0.2) is 0 Å². The van der Waals surface area contributed by atoms with Crippen LogP contribution >= 0.6 is 11.8 Å². The van der Waals surface area contributed by atoms with E-state index in [9.17, 15) is 4.79 Å². The summed E-state index contributed by atoms with van der Waals surface area (Å²) >= 11 is 1.63. The number of ether oxygens (including phenoxy) is 1. The topological polar surface area (TPSA) is 44.1 Å². The highest BCUT2D eigenvalue weighted by Gasteiger charge is 2.05. The van der Waals surface area contributed by atoms with Gasteiger partial charge in [0.25, 0.3) is 0 Å². The van der Waals surface area contributed by atoms with Gasteiger partial charge in [0.1, 0.15) is 5.75 Å². The summed E-state index contributed by atoms with van der Waals surface area (Å²) in [6, 6.07) is 5.88. The molecule has 0 unspecified atom stereocenters. The number of thioether (sulfide) groups is 1. The van der Waals surface area contributed by atoms with Crippen LogP contribution in [0.5, 0.6) is 5.75 Å². The first-order valence-electron chi connectivity index (χ1n) is 6.64. The molecule has 5 heteroatoms. The molecular formula is C16H18N2O2S. The van der Waals surface area contributed by atoms with Crippen molar-refractivity contribution < 1.29 is 9.53 Å². The van der Waals surface area contributed by atoms with Crippen LogP contribution in [0.15, 0.2) is 41.6 Å². The van der Waals surface area contributed by atoms with Crippen LogP contribution in [0.25, 0.3) is 6.08 Å². The molecule has 0 bridgehead atoms. The SMILES string of the molecule is CCn1cc(C(=O)/C=C/c2ccc(SC)c(OC)c2)cn1. The Hall–Kier alpha value is -2.01. The predicted molar refractivity (Wildman–Crippen MR) is 86.0 cm³/mol. The number of aromatic nitrogens is 2. The van der Waals surface area contributed by atoms with E-state index in [-0.39, 0.29) is 5.78 Å². The zero-order valence-electron chi connectivity index (χ0n) is 12.4. The zero-order chi connectivity index (χ0) is 15.2. The van der Waals surface area contributed by atoms with E-state index in [1.807, 2.05) is 31.4 Å². The lowest BCUT2D eigenvalue weighted by atomic mass is 10.1. The fourth-order valence-electron chi connectivity index (χ4n) is 1.89. The second-order valence-electron chi connectivity index (χ2n) is 4.40. The summed E-state index contributed by atoms with van der Waals surface area (Å²) in [5.41, 5.74) is 1.53. The highest BCUT2D eigenvalue weighted by molar-refractivity contribution is 7.98. The molecule has 110 valence electrons. The third kappa shape index (κ3) is 3.76. The van der Waals surface area contributed by atoms with Crippen molar-refractivity contribution in [3.05, 3.63) is 47.8 Å². The summed E-state index contributed by atoms with van der Waals surface area (Å²) in [6.07, 6.45) is 8.70. The van der Waals surface area contributed by atoms with Crippen LogP contribution in [-0.2, 0) is 6.54 Å². The number of carbonyl (C=O) groups excluding carboxylic acids is 1. The molecule has 0 saturated carbocycles. The van der Waals surface area contributed by atoms with Crippen molar-refractivity contribution in [2.24, 2.45) is 0 Å². The zero-order valence-corrected chi connectivity index (χ0v) is 13.2. The Morgan fingerprint density at radius 3 is 2.90 bits per heavy atom. The van der Waals surface area contributed by atoms with Gasteiger partial charge in [-0.05, 0) is 37.0 Å².